The van der Waals surface area contributed by atoms with Gasteiger partial charge in [-0.1, -0.05) is 20.8 Å². The summed E-state index contributed by atoms with van der Waals surface area (Å²) in [7, 11) is 0. The van der Waals surface area contributed by atoms with Crippen molar-refractivity contribution in [2.45, 2.75) is 46.1 Å². The lowest BCUT2D eigenvalue weighted by Crippen LogP contribution is -2.56. The number of aromatic nitrogens is 2. The predicted molar refractivity (Wildman–Crippen MR) is 75.2 cm³/mol. The Morgan fingerprint density at radius 1 is 1.47 bits per heavy atom. The molecule has 104 valence electrons. The first-order valence-corrected chi connectivity index (χ1v) is 6.89. The van der Waals surface area contributed by atoms with E-state index in [4.69, 9.17) is 0 Å². The molecule has 1 aromatic heterocycles. The number of likely N-dealkylation sites (tertiary alicyclic amines) is 1. The molecule has 1 aromatic rings. The second-order valence-electron chi connectivity index (χ2n) is 5.38. The number of hydrogen-bond donors (Lipinski definition) is 1. The smallest absolute Gasteiger partial charge is 0.219 e. The molecule has 19 heavy (non-hydrogen) atoms. The van der Waals surface area contributed by atoms with Crippen LogP contribution in [0.5, 0.6) is 0 Å². The van der Waals surface area contributed by atoms with Gasteiger partial charge in [0.05, 0.1) is 6.04 Å². The van der Waals surface area contributed by atoms with Crippen LogP contribution in [0.2, 0.25) is 0 Å². The minimum absolute atomic E-state index is 0.137. The van der Waals surface area contributed by atoms with E-state index in [1.54, 1.807) is 6.92 Å². The first-order valence-electron chi connectivity index (χ1n) is 6.89. The van der Waals surface area contributed by atoms with Gasteiger partial charge in [-0.3, -0.25) is 4.79 Å². The molecule has 1 saturated heterocycles. The van der Waals surface area contributed by atoms with Gasteiger partial charge >= 0.3 is 0 Å². The Kier molecular flexibility index (Phi) is 4.02. The van der Waals surface area contributed by atoms with Crippen molar-refractivity contribution in [2.24, 2.45) is 0 Å². The third-order valence-corrected chi connectivity index (χ3v) is 3.35. The van der Waals surface area contributed by atoms with Crippen LogP contribution in [-0.4, -0.2) is 39.9 Å². The zero-order chi connectivity index (χ0) is 14.0. The zero-order valence-corrected chi connectivity index (χ0v) is 12.1. The quantitative estimate of drug-likeness (QED) is 0.899. The first kappa shape index (κ1) is 13.8. The number of nitrogens with one attached hydrogen (secondary N) is 1. The van der Waals surface area contributed by atoms with Crippen LogP contribution >= 0.6 is 0 Å². The summed E-state index contributed by atoms with van der Waals surface area (Å²) >= 11 is 0. The van der Waals surface area contributed by atoms with E-state index in [2.05, 4.69) is 36.1 Å². The molecule has 0 aromatic carbocycles. The van der Waals surface area contributed by atoms with Crippen LogP contribution in [0.25, 0.3) is 0 Å². The van der Waals surface area contributed by atoms with E-state index in [-0.39, 0.29) is 5.91 Å². The molecule has 1 aliphatic heterocycles. The molecule has 0 spiro atoms. The van der Waals surface area contributed by atoms with Crippen molar-refractivity contribution in [1.82, 2.24) is 14.9 Å². The number of rotatable bonds is 4. The van der Waals surface area contributed by atoms with Crippen LogP contribution in [0.1, 0.15) is 45.1 Å². The number of carbonyl (C=O) groups excluding carboxylic acids is 1. The maximum absolute atomic E-state index is 11.1. The summed E-state index contributed by atoms with van der Waals surface area (Å²) in [6.07, 6.45) is 0.904. The topological polar surface area (TPSA) is 58.1 Å². The van der Waals surface area contributed by atoms with Gasteiger partial charge < -0.3 is 10.2 Å². The van der Waals surface area contributed by atoms with Crippen LogP contribution in [0.4, 0.5) is 5.82 Å². The van der Waals surface area contributed by atoms with Crippen molar-refractivity contribution < 1.29 is 4.79 Å². The van der Waals surface area contributed by atoms with Crippen LogP contribution in [0.15, 0.2) is 6.07 Å². The average molecular weight is 262 g/mol. The summed E-state index contributed by atoms with van der Waals surface area (Å²) in [6, 6.07) is 2.31. The lowest BCUT2D eigenvalue weighted by atomic mass is 10.1. The van der Waals surface area contributed by atoms with Gasteiger partial charge in [-0.05, 0) is 6.42 Å². The summed E-state index contributed by atoms with van der Waals surface area (Å²) in [4.78, 5) is 22.0. The largest absolute Gasteiger partial charge is 0.364 e. The van der Waals surface area contributed by atoms with Gasteiger partial charge in [0.25, 0.3) is 0 Å². The van der Waals surface area contributed by atoms with Crippen molar-refractivity contribution in [3.05, 3.63) is 17.6 Å². The van der Waals surface area contributed by atoms with E-state index in [0.717, 1.165) is 36.8 Å². The SMILES string of the molecule is CCc1cc(NC2CN(C(C)=O)C2)nc(C(C)C)n1. The Balaban J connectivity index is 2.04. The van der Waals surface area contributed by atoms with Crippen LogP contribution in [-0.2, 0) is 11.2 Å². The van der Waals surface area contributed by atoms with Crippen LogP contribution < -0.4 is 5.32 Å². The van der Waals surface area contributed by atoms with Crippen molar-refractivity contribution in [3.8, 4) is 0 Å². The Bertz CT molecular complexity index is 467. The standard InChI is InChI=1S/C14H22N4O/c1-5-11-6-13(17-14(16-11)9(2)3)15-12-7-18(8-12)10(4)19/h6,9,12H,5,7-8H2,1-4H3,(H,15,16,17). The Morgan fingerprint density at radius 3 is 2.68 bits per heavy atom. The molecule has 0 unspecified atom stereocenters. The summed E-state index contributed by atoms with van der Waals surface area (Å²) in [5.74, 6) is 2.22. The second kappa shape index (κ2) is 5.55. The van der Waals surface area contributed by atoms with Crippen molar-refractivity contribution in [2.75, 3.05) is 18.4 Å². The molecule has 0 radical (unpaired) electrons. The zero-order valence-electron chi connectivity index (χ0n) is 12.1. The molecule has 0 aliphatic carbocycles. The molecule has 1 aliphatic rings. The monoisotopic (exact) mass is 262 g/mol. The third kappa shape index (κ3) is 3.22. The highest BCUT2D eigenvalue weighted by atomic mass is 16.2. The van der Waals surface area contributed by atoms with Gasteiger partial charge in [0.15, 0.2) is 0 Å². The molecule has 0 atom stereocenters. The van der Waals surface area contributed by atoms with Crippen LogP contribution in [0, 0.1) is 0 Å². The Labute approximate surface area is 114 Å². The highest BCUT2D eigenvalue weighted by Gasteiger charge is 2.28. The van der Waals surface area contributed by atoms with Crippen LogP contribution in [0.3, 0.4) is 0 Å². The lowest BCUT2D eigenvalue weighted by molar-refractivity contribution is -0.132. The number of nitrogens with zero attached hydrogens (tertiary/aromatic N) is 3. The van der Waals surface area contributed by atoms with E-state index in [1.807, 2.05) is 11.0 Å². The van der Waals surface area contributed by atoms with E-state index in [1.165, 1.54) is 0 Å². The molecule has 2 heterocycles. The van der Waals surface area contributed by atoms with Gasteiger partial charge in [0, 0.05) is 37.7 Å². The number of anilines is 1. The Morgan fingerprint density at radius 2 is 2.16 bits per heavy atom. The highest BCUT2D eigenvalue weighted by Crippen LogP contribution is 2.18. The van der Waals surface area contributed by atoms with Gasteiger partial charge in [0.1, 0.15) is 11.6 Å². The molecule has 2 rings (SSSR count). The predicted octanol–water partition coefficient (Wildman–Crippen LogP) is 1.80. The molecule has 1 N–H and O–H groups in total. The highest BCUT2D eigenvalue weighted by molar-refractivity contribution is 5.74. The number of carbonyl (C=O) groups is 1. The van der Waals surface area contributed by atoms with E-state index in [9.17, 15) is 4.79 Å². The molecule has 5 heteroatoms. The number of amides is 1. The fraction of sp³-hybridized carbons (Fsp3) is 0.643. The summed E-state index contributed by atoms with van der Waals surface area (Å²) in [6.45, 7) is 9.42. The molecule has 0 bridgehead atoms. The summed E-state index contributed by atoms with van der Waals surface area (Å²) in [5.41, 5.74) is 1.06. The molecule has 1 amide bonds. The first-order chi connectivity index (χ1) is 8.99. The van der Waals surface area contributed by atoms with Gasteiger partial charge in [0.2, 0.25) is 5.91 Å². The van der Waals surface area contributed by atoms with Crippen molar-refractivity contribution in [3.63, 3.8) is 0 Å². The summed E-state index contributed by atoms with van der Waals surface area (Å²) in [5, 5.41) is 3.39. The van der Waals surface area contributed by atoms with E-state index >= 15 is 0 Å². The molecule has 1 fully saturated rings. The van der Waals surface area contributed by atoms with Crippen molar-refractivity contribution in [1.29, 1.82) is 0 Å². The Hall–Kier alpha value is -1.65. The minimum Gasteiger partial charge on any atom is -0.364 e. The number of aryl methyl sites for hydroxylation is 1. The third-order valence-electron chi connectivity index (χ3n) is 3.35. The molecule has 0 saturated carbocycles. The molecular weight excluding hydrogens is 240 g/mol. The molecule has 5 nitrogen and oxygen atoms in total. The van der Waals surface area contributed by atoms with Gasteiger partial charge in [-0.2, -0.15) is 0 Å². The van der Waals surface area contributed by atoms with Gasteiger partial charge in [-0.15, -0.1) is 0 Å². The fourth-order valence-electron chi connectivity index (χ4n) is 2.07. The maximum Gasteiger partial charge on any atom is 0.219 e. The van der Waals surface area contributed by atoms with Gasteiger partial charge in [-0.25, -0.2) is 9.97 Å². The molecular formula is C14H22N4O. The number of hydrogen-bond acceptors (Lipinski definition) is 4. The minimum atomic E-state index is 0.137. The second-order valence-corrected chi connectivity index (χ2v) is 5.38. The lowest BCUT2D eigenvalue weighted by Gasteiger charge is -2.39. The fourth-order valence-corrected chi connectivity index (χ4v) is 2.07. The maximum atomic E-state index is 11.1. The van der Waals surface area contributed by atoms with E-state index < -0.39 is 0 Å². The normalized spacial score (nSPS) is 15.5. The van der Waals surface area contributed by atoms with E-state index in [0.29, 0.717) is 12.0 Å². The average Bonchev–Trinajstić information content (AvgIpc) is 2.32. The summed E-state index contributed by atoms with van der Waals surface area (Å²) < 4.78 is 0. The van der Waals surface area contributed by atoms with Crippen molar-refractivity contribution >= 4 is 11.7 Å².